The second-order valence-corrected chi connectivity index (χ2v) is 6.46. The zero-order chi connectivity index (χ0) is 24.5. The zero-order valence-corrected chi connectivity index (χ0v) is 17.5. The summed E-state index contributed by atoms with van der Waals surface area (Å²) in [6, 6.07) is 7.15. The molecule has 0 radical (unpaired) electrons. The molecule has 12 heteroatoms. The second kappa shape index (κ2) is 11.5. The second-order valence-electron chi connectivity index (χ2n) is 6.46. The molecule has 2 rings (SSSR count). The van der Waals surface area contributed by atoms with E-state index in [0.717, 1.165) is 6.07 Å². The maximum Gasteiger partial charge on any atom is 0.411 e. The van der Waals surface area contributed by atoms with Gasteiger partial charge in [-0.2, -0.15) is 0 Å². The number of carbonyl (C=O) groups is 4. The Bertz CT molecular complexity index is 1060. The smallest absolute Gasteiger partial charge is 0.411 e. The van der Waals surface area contributed by atoms with Gasteiger partial charge in [-0.1, -0.05) is 6.07 Å². The largest absolute Gasteiger partial charge is 0.450 e. The van der Waals surface area contributed by atoms with Crippen molar-refractivity contribution in [2.75, 3.05) is 23.8 Å². The van der Waals surface area contributed by atoms with Crippen molar-refractivity contribution < 1.29 is 41.8 Å². The molecule has 0 spiro atoms. The zero-order valence-electron chi connectivity index (χ0n) is 17.5. The molecule has 3 amide bonds. The molecule has 0 aliphatic heterocycles. The monoisotopic (exact) mass is 467 g/mol. The molecule has 176 valence electrons. The Morgan fingerprint density at radius 2 is 1.73 bits per heavy atom. The lowest BCUT2D eigenvalue weighted by molar-refractivity contribution is -0.130. The highest BCUT2D eigenvalue weighted by Gasteiger charge is 2.21. The Hall–Kier alpha value is -4.09. The molecule has 0 saturated carbocycles. The van der Waals surface area contributed by atoms with Gasteiger partial charge in [0.05, 0.1) is 24.4 Å². The van der Waals surface area contributed by atoms with Crippen LogP contribution in [-0.4, -0.2) is 43.1 Å². The summed E-state index contributed by atoms with van der Waals surface area (Å²) in [6.07, 6.45) is -2.02. The SMILES string of the molecule is CCOC(=O)Nc1cccc(C(=O)OC(C)C(=O)NCC(=O)Nc2ccc(F)c(F)c2F)c1. The maximum absolute atomic E-state index is 13.6. The molecule has 1 unspecified atom stereocenters. The van der Waals surface area contributed by atoms with Gasteiger partial charge < -0.3 is 20.1 Å². The number of hydrogen-bond acceptors (Lipinski definition) is 6. The highest BCUT2D eigenvalue weighted by atomic mass is 19.2. The number of esters is 1. The van der Waals surface area contributed by atoms with Crippen LogP contribution >= 0.6 is 0 Å². The molecule has 0 aliphatic carbocycles. The molecule has 0 aromatic heterocycles. The molecule has 0 heterocycles. The maximum atomic E-state index is 13.6. The van der Waals surface area contributed by atoms with E-state index in [0.29, 0.717) is 6.07 Å². The minimum Gasteiger partial charge on any atom is -0.450 e. The number of carbonyl (C=O) groups excluding carboxylic acids is 4. The fourth-order valence-electron chi connectivity index (χ4n) is 2.42. The van der Waals surface area contributed by atoms with Crippen LogP contribution in [0.4, 0.5) is 29.3 Å². The summed E-state index contributed by atoms with van der Waals surface area (Å²) in [7, 11) is 0. The first-order chi connectivity index (χ1) is 15.6. The third-order valence-electron chi connectivity index (χ3n) is 4.01. The molecule has 1 atom stereocenters. The van der Waals surface area contributed by atoms with Crippen LogP contribution in [0.3, 0.4) is 0 Å². The Morgan fingerprint density at radius 3 is 2.42 bits per heavy atom. The number of rotatable bonds is 8. The van der Waals surface area contributed by atoms with Crippen LogP contribution in [0.15, 0.2) is 36.4 Å². The van der Waals surface area contributed by atoms with Crippen LogP contribution in [0.2, 0.25) is 0 Å². The van der Waals surface area contributed by atoms with Gasteiger partial charge in [0.15, 0.2) is 23.6 Å². The predicted octanol–water partition coefficient (Wildman–Crippen LogP) is 2.97. The van der Waals surface area contributed by atoms with Crippen LogP contribution in [0, 0.1) is 17.5 Å². The van der Waals surface area contributed by atoms with Gasteiger partial charge in [-0.05, 0) is 44.2 Å². The van der Waals surface area contributed by atoms with E-state index in [1.54, 1.807) is 6.92 Å². The quantitative estimate of drug-likeness (QED) is 0.405. The lowest BCUT2D eigenvalue weighted by Gasteiger charge is -2.14. The minimum atomic E-state index is -1.75. The van der Waals surface area contributed by atoms with Crippen LogP contribution in [0.1, 0.15) is 24.2 Å². The van der Waals surface area contributed by atoms with E-state index in [-0.39, 0.29) is 17.9 Å². The third-order valence-corrected chi connectivity index (χ3v) is 4.01. The van der Waals surface area contributed by atoms with Crippen molar-refractivity contribution in [3.63, 3.8) is 0 Å². The van der Waals surface area contributed by atoms with E-state index in [1.165, 1.54) is 31.2 Å². The van der Waals surface area contributed by atoms with Gasteiger partial charge in [-0.25, -0.2) is 22.8 Å². The molecule has 2 aromatic carbocycles. The summed E-state index contributed by atoms with van der Waals surface area (Å²) in [5.74, 6) is -7.40. The lowest BCUT2D eigenvalue weighted by Crippen LogP contribution is -2.40. The molecule has 0 bridgehead atoms. The molecule has 2 aromatic rings. The molecule has 0 fully saturated rings. The summed E-state index contributed by atoms with van der Waals surface area (Å²) in [4.78, 5) is 47.7. The Morgan fingerprint density at radius 1 is 1.00 bits per heavy atom. The van der Waals surface area contributed by atoms with Crippen molar-refractivity contribution in [2.24, 2.45) is 0 Å². The third kappa shape index (κ3) is 7.23. The van der Waals surface area contributed by atoms with Crippen LogP contribution in [0.5, 0.6) is 0 Å². The molecule has 9 nitrogen and oxygen atoms in total. The van der Waals surface area contributed by atoms with Crippen LogP contribution in [-0.2, 0) is 19.1 Å². The van der Waals surface area contributed by atoms with Gasteiger partial charge in [-0.15, -0.1) is 0 Å². The molecule has 3 N–H and O–H groups in total. The normalized spacial score (nSPS) is 11.2. The van der Waals surface area contributed by atoms with Gasteiger partial charge in [-0.3, -0.25) is 14.9 Å². The van der Waals surface area contributed by atoms with Gasteiger partial charge in [0, 0.05) is 5.69 Å². The van der Waals surface area contributed by atoms with Crippen molar-refractivity contribution in [1.82, 2.24) is 5.32 Å². The molecular weight excluding hydrogens is 447 g/mol. The summed E-state index contributed by atoms with van der Waals surface area (Å²) in [6.45, 7) is 2.39. The van der Waals surface area contributed by atoms with Crippen molar-refractivity contribution >= 4 is 35.3 Å². The van der Waals surface area contributed by atoms with Crippen molar-refractivity contribution in [3.8, 4) is 0 Å². The molecule has 33 heavy (non-hydrogen) atoms. The highest BCUT2D eigenvalue weighted by Crippen LogP contribution is 2.19. The Kier molecular flexibility index (Phi) is 8.78. The average molecular weight is 467 g/mol. The topological polar surface area (TPSA) is 123 Å². The first-order valence-electron chi connectivity index (χ1n) is 9.58. The number of nitrogens with one attached hydrogen (secondary N) is 3. The van der Waals surface area contributed by atoms with E-state index in [1.807, 2.05) is 5.32 Å². The van der Waals surface area contributed by atoms with E-state index >= 15 is 0 Å². The lowest BCUT2D eigenvalue weighted by atomic mass is 10.2. The highest BCUT2D eigenvalue weighted by molar-refractivity contribution is 5.97. The van der Waals surface area contributed by atoms with Gasteiger partial charge >= 0.3 is 12.1 Å². The summed E-state index contributed by atoms with van der Waals surface area (Å²) >= 11 is 0. The number of hydrogen-bond donors (Lipinski definition) is 3. The number of halogens is 3. The molecule has 0 aliphatic rings. The van der Waals surface area contributed by atoms with Gasteiger partial charge in [0.1, 0.15) is 0 Å². The van der Waals surface area contributed by atoms with Crippen molar-refractivity contribution in [3.05, 3.63) is 59.4 Å². The summed E-state index contributed by atoms with van der Waals surface area (Å²) in [5.41, 5.74) is -0.305. The van der Waals surface area contributed by atoms with Crippen molar-refractivity contribution in [2.45, 2.75) is 20.0 Å². The van der Waals surface area contributed by atoms with Crippen LogP contribution in [0.25, 0.3) is 0 Å². The van der Waals surface area contributed by atoms with Gasteiger partial charge in [0.25, 0.3) is 5.91 Å². The Balaban J connectivity index is 1.87. The number of ether oxygens (including phenoxy) is 2. The van der Waals surface area contributed by atoms with Crippen LogP contribution < -0.4 is 16.0 Å². The van der Waals surface area contributed by atoms with Crippen molar-refractivity contribution in [1.29, 1.82) is 0 Å². The fourth-order valence-corrected chi connectivity index (χ4v) is 2.42. The average Bonchev–Trinajstić information content (AvgIpc) is 2.78. The first-order valence-corrected chi connectivity index (χ1v) is 9.58. The standard InChI is InChI=1S/C21H20F3N3O6/c1-3-32-21(31)26-13-6-4-5-12(9-13)20(30)33-11(2)19(29)25-10-16(28)27-15-8-7-14(22)17(23)18(15)24/h4-9,11H,3,10H2,1-2H3,(H,25,29)(H,26,31)(H,27,28). The predicted molar refractivity (Wildman–Crippen MR) is 110 cm³/mol. The molecule has 0 saturated heterocycles. The number of benzene rings is 2. The van der Waals surface area contributed by atoms with E-state index < -0.39 is 59.7 Å². The summed E-state index contributed by atoms with van der Waals surface area (Å²) < 4.78 is 49.5. The van der Waals surface area contributed by atoms with E-state index in [9.17, 15) is 32.3 Å². The number of amides is 3. The minimum absolute atomic E-state index is 0.0375. The molecular formula is C21H20F3N3O6. The van der Waals surface area contributed by atoms with E-state index in [2.05, 4.69) is 10.6 Å². The summed E-state index contributed by atoms with van der Waals surface area (Å²) in [5, 5.41) is 6.56. The van der Waals surface area contributed by atoms with E-state index in [4.69, 9.17) is 9.47 Å². The number of anilines is 2. The van der Waals surface area contributed by atoms with Gasteiger partial charge in [0.2, 0.25) is 5.91 Å². The fraction of sp³-hybridized carbons (Fsp3) is 0.238. The first kappa shape index (κ1) is 25.2. The Labute approximate surface area is 186 Å².